The molecule has 0 aliphatic carbocycles. The minimum atomic E-state index is -4.87. The van der Waals surface area contributed by atoms with Crippen LogP contribution < -0.4 is 15.4 Å². The lowest BCUT2D eigenvalue weighted by atomic mass is 9.94. The van der Waals surface area contributed by atoms with Crippen molar-refractivity contribution in [3.05, 3.63) is 59.7 Å². The highest BCUT2D eigenvalue weighted by atomic mass is 32.1. The predicted molar refractivity (Wildman–Crippen MR) is 178 cm³/mol. The first-order valence-corrected chi connectivity index (χ1v) is 16.6. The summed E-state index contributed by atoms with van der Waals surface area (Å²) < 4.78 is 80.4. The number of likely N-dealkylation sites (N-methyl/N-ethyl adjacent to an activating group) is 1. The molecular formula is C34H32F5N7O2S. The number of ether oxygens (including phenoxy) is 1. The second-order valence-electron chi connectivity index (χ2n) is 12.9. The number of alkyl halides is 4. The number of benzene rings is 2. The SMILES string of the molecule is [C-]#[N+]c1c(N)sc2c(F)ccc(-c3cc4nc(OCC56CCCN5CC(F)C6)nc(N(C)C5CCN(C(=O)C=C)C5)c4cc3C(F)(F)F)c12. The van der Waals surface area contributed by atoms with Crippen LogP contribution in [0.3, 0.4) is 0 Å². The van der Waals surface area contributed by atoms with Gasteiger partial charge in [0.25, 0.3) is 0 Å². The fourth-order valence-electron chi connectivity index (χ4n) is 7.65. The lowest BCUT2D eigenvalue weighted by molar-refractivity contribution is -0.137. The molecule has 2 aromatic heterocycles. The van der Waals surface area contributed by atoms with E-state index < -0.39 is 29.3 Å². The molecule has 49 heavy (non-hydrogen) atoms. The van der Waals surface area contributed by atoms with E-state index in [0.29, 0.717) is 32.5 Å². The van der Waals surface area contributed by atoms with Gasteiger partial charge in [0.1, 0.15) is 24.4 Å². The van der Waals surface area contributed by atoms with E-state index in [4.69, 9.17) is 17.0 Å². The third-order valence-electron chi connectivity index (χ3n) is 10.1. The summed E-state index contributed by atoms with van der Waals surface area (Å²) in [7, 11) is 1.70. The molecule has 0 spiro atoms. The van der Waals surface area contributed by atoms with Crippen molar-refractivity contribution in [2.24, 2.45) is 0 Å². The monoisotopic (exact) mass is 697 g/mol. The lowest BCUT2D eigenvalue weighted by Gasteiger charge is -2.31. The number of nitrogen functional groups attached to an aromatic ring is 1. The highest BCUT2D eigenvalue weighted by molar-refractivity contribution is 7.23. The molecule has 15 heteroatoms. The molecule has 1 amide bonds. The summed E-state index contributed by atoms with van der Waals surface area (Å²) in [6.45, 7) is 13.1. The van der Waals surface area contributed by atoms with Crippen LogP contribution in [0.5, 0.6) is 6.01 Å². The fraction of sp³-hybridized carbons (Fsp3) is 0.412. The first kappa shape index (κ1) is 33.0. The number of hydrogen-bond donors (Lipinski definition) is 1. The third-order valence-corrected chi connectivity index (χ3v) is 11.1. The van der Waals surface area contributed by atoms with E-state index in [0.717, 1.165) is 42.9 Å². The molecule has 2 aromatic carbocycles. The Balaban J connectivity index is 1.40. The zero-order valence-electron chi connectivity index (χ0n) is 26.5. The molecule has 3 saturated heterocycles. The number of carbonyl (C=O) groups is 1. The molecule has 3 aliphatic rings. The van der Waals surface area contributed by atoms with Crippen molar-refractivity contribution in [3.63, 3.8) is 0 Å². The van der Waals surface area contributed by atoms with Crippen LogP contribution in [0.25, 0.3) is 37.0 Å². The van der Waals surface area contributed by atoms with Gasteiger partial charge in [-0.2, -0.15) is 23.1 Å². The van der Waals surface area contributed by atoms with Crippen LogP contribution in [0.4, 0.5) is 38.5 Å². The quantitative estimate of drug-likeness (QED) is 0.127. The Morgan fingerprint density at radius 3 is 2.80 bits per heavy atom. The van der Waals surface area contributed by atoms with Gasteiger partial charge in [0, 0.05) is 49.9 Å². The second-order valence-corrected chi connectivity index (χ2v) is 13.9. The van der Waals surface area contributed by atoms with Gasteiger partial charge >= 0.3 is 12.2 Å². The van der Waals surface area contributed by atoms with Gasteiger partial charge in [0.2, 0.25) is 11.6 Å². The Labute approximate surface area is 282 Å². The molecule has 5 heterocycles. The summed E-state index contributed by atoms with van der Waals surface area (Å²) in [5.41, 5.74) is 4.11. The van der Waals surface area contributed by atoms with Crippen LogP contribution >= 0.6 is 11.3 Å². The van der Waals surface area contributed by atoms with Crippen molar-refractivity contribution in [3.8, 4) is 17.1 Å². The zero-order valence-corrected chi connectivity index (χ0v) is 27.3. The lowest BCUT2D eigenvalue weighted by Crippen LogP contribution is -2.43. The van der Waals surface area contributed by atoms with Crippen molar-refractivity contribution in [2.45, 2.75) is 49.6 Å². The fourth-order valence-corrected chi connectivity index (χ4v) is 8.58. The highest BCUT2D eigenvalue weighted by Gasteiger charge is 2.49. The molecule has 9 nitrogen and oxygen atoms in total. The molecule has 3 atom stereocenters. The Bertz CT molecular complexity index is 2050. The van der Waals surface area contributed by atoms with Crippen LogP contribution in [0.1, 0.15) is 31.2 Å². The number of thiophene rings is 1. The normalized spacial score (nSPS) is 22.5. The van der Waals surface area contributed by atoms with E-state index in [1.54, 1.807) is 16.8 Å². The number of aromatic nitrogens is 2. The first-order valence-electron chi connectivity index (χ1n) is 15.8. The van der Waals surface area contributed by atoms with Crippen molar-refractivity contribution in [1.29, 1.82) is 0 Å². The van der Waals surface area contributed by atoms with Crippen LogP contribution in [-0.4, -0.2) is 83.3 Å². The van der Waals surface area contributed by atoms with Gasteiger partial charge in [-0.1, -0.05) is 12.6 Å². The van der Waals surface area contributed by atoms with Crippen LogP contribution in [0, 0.1) is 12.4 Å². The molecule has 0 bridgehead atoms. The molecule has 0 saturated carbocycles. The Hall–Kier alpha value is -4.55. The maximum absolute atomic E-state index is 14.9. The predicted octanol–water partition coefficient (Wildman–Crippen LogP) is 6.98. The zero-order chi connectivity index (χ0) is 34.8. The Morgan fingerprint density at radius 2 is 2.06 bits per heavy atom. The van der Waals surface area contributed by atoms with Crippen molar-refractivity contribution < 1.29 is 31.5 Å². The molecule has 3 fully saturated rings. The molecule has 7 rings (SSSR count). The van der Waals surface area contributed by atoms with Gasteiger partial charge in [-0.25, -0.2) is 13.6 Å². The minimum absolute atomic E-state index is 0.00377. The summed E-state index contributed by atoms with van der Waals surface area (Å²) in [4.78, 5) is 30.4. The maximum atomic E-state index is 14.9. The summed E-state index contributed by atoms with van der Waals surface area (Å²) in [6, 6.07) is 4.11. The highest BCUT2D eigenvalue weighted by Crippen LogP contribution is 2.50. The van der Waals surface area contributed by atoms with Gasteiger partial charge in [-0.3, -0.25) is 9.69 Å². The molecular weight excluding hydrogens is 665 g/mol. The van der Waals surface area contributed by atoms with Gasteiger partial charge < -0.3 is 20.3 Å². The average molecular weight is 698 g/mol. The molecule has 3 aliphatic heterocycles. The largest absolute Gasteiger partial charge is 0.461 e. The maximum Gasteiger partial charge on any atom is 0.417 e. The molecule has 0 radical (unpaired) electrons. The van der Waals surface area contributed by atoms with E-state index in [1.807, 2.05) is 0 Å². The smallest absolute Gasteiger partial charge is 0.417 e. The van der Waals surface area contributed by atoms with E-state index in [-0.39, 0.29) is 73.2 Å². The summed E-state index contributed by atoms with van der Waals surface area (Å²) in [5.74, 6) is -0.792. The standard InChI is InChI=1S/C34H32F5N7O2S/c1-4-26(47)45-11-8-19(16-45)44(3)31-22-12-23(34(37,38)39)21(20-6-7-24(36)29-27(20)28(41-2)30(40)49-29)13-25(22)42-32(43-31)48-17-33-9-5-10-46(33)15-18(35)14-33/h4,6-7,12-13,18-19H,1,5,8-11,14-17,40H2,3H3. The van der Waals surface area contributed by atoms with Crippen molar-refractivity contribution >= 4 is 54.7 Å². The number of likely N-dealkylation sites (tertiary alicyclic amines) is 1. The van der Waals surface area contributed by atoms with Crippen molar-refractivity contribution in [1.82, 2.24) is 19.8 Å². The molecule has 3 unspecified atom stereocenters. The van der Waals surface area contributed by atoms with E-state index >= 15 is 0 Å². The average Bonchev–Trinajstić information content (AvgIpc) is 3.84. The molecule has 4 aromatic rings. The number of amides is 1. The van der Waals surface area contributed by atoms with E-state index in [2.05, 4.69) is 26.3 Å². The van der Waals surface area contributed by atoms with Crippen molar-refractivity contribution in [2.75, 3.05) is 50.5 Å². The molecule has 2 N–H and O–H groups in total. The molecule has 256 valence electrons. The van der Waals surface area contributed by atoms with Crippen LogP contribution in [0.2, 0.25) is 0 Å². The number of carbonyl (C=O) groups excluding carboxylic acids is 1. The Morgan fingerprint density at radius 1 is 1.27 bits per heavy atom. The number of hydrogen-bond acceptors (Lipinski definition) is 8. The number of fused-ring (bicyclic) bond motifs is 3. The number of halogens is 5. The number of nitrogens with two attached hydrogens (primary N) is 1. The summed E-state index contributed by atoms with van der Waals surface area (Å²) in [5, 5.41) is 0.0693. The number of nitrogens with zero attached hydrogens (tertiary/aromatic N) is 6. The summed E-state index contributed by atoms with van der Waals surface area (Å²) in [6.07, 6.45) is -2.19. The van der Waals surface area contributed by atoms with Gasteiger partial charge in [0.05, 0.1) is 32.9 Å². The van der Waals surface area contributed by atoms with E-state index in [1.165, 1.54) is 18.2 Å². The van der Waals surface area contributed by atoms with Crippen LogP contribution in [0.15, 0.2) is 36.9 Å². The second kappa shape index (κ2) is 12.1. The van der Waals surface area contributed by atoms with Gasteiger partial charge in [-0.15, -0.1) is 11.3 Å². The first-order chi connectivity index (χ1) is 23.3. The summed E-state index contributed by atoms with van der Waals surface area (Å²) >= 11 is 0.799. The van der Waals surface area contributed by atoms with Crippen LogP contribution in [-0.2, 0) is 11.0 Å². The number of anilines is 2. The van der Waals surface area contributed by atoms with Gasteiger partial charge in [-0.05, 0) is 61.2 Å². The Kier molecular flexibility index (Phi) is 8.14. The number of rotatable bonds is 7. The third kappa shape index (κ3) is 5.60. The van der Waals surface area contributed by atoms with E-state index in [9.17, 15) is 26.7 Å². The topological polar surface area (TPSA) is 92.2 Å². The minimum Gasteiger partial charge on any atom is -0.461 e. The van der Waals surface area contributed by atoms with Gasteiger partial charge in [0.15, 0.2) is 0 Å².